The van der Waals surface area contributed by atoms with Crippen molar-refractivity contribution in [1.82, 2.24) is 4.98 Å². The lowest BCUT2D eigenvalue weighted by atomic mass is 10.1. The van der Waals surface area contributed by atoms with Gasteiger partial charge in [0.15, 0.2) is 0 Å². The van der Waals surface area contributed by atoms with Crippen molar-refractivity contribution in [1.29, 1.82) is 0 Å². The minimum atomic E-state index is 0.279. The van der Waals surface area contributed by atoms with E-state index in [-0.39, 0.29) is 12.2 Å². The molecule has 0 bridgehead atoms. The molecule has 2 fully saturated rings. The molecule has 2 unspecified atom stereocenters. The quantitative estimate of drug-likeness (QED) is 0.0461. The van der Waals surface area contributed by atoms with Crippen LogP contribution in [-0.2, 0) is 28.4 Å². The molecule has 4 aromatic carbocycles. The third-order valence-electron chi connectivity index (χ3n) is 8.40. The molecule has 1 aromatic heterocycles. The number of hydrogen-bond donors (Lipinski definition) is 0. The Kier molecular flexibility index (Phi) is 13.7. The van der Waals surface area contributed by atoms with Crippen molar-refractivity contribution < 1.29 is 47.4 Å². The summed E-state index contributed by atoms with van der Waals surface area (Å²) in [5.74, 6) is 4.02. The van der Waals surface area contributed by atoms with Crippen LogP contribution in [0, 0.1) is 0 Å². The van der Waals surface area contributed by atoms with Crippen molar-refractivity contribution in [2.75, 3.05) is 79.3 Å². The van der Waals surface area contributed by atoms with Crippen molar-refractivity contribution in [2.24, 2.45) is 0 Å². The number of hydrogen-bond acceptors (Lipinski definition) is 11. The highest BCUT2D eigenvalue weighted by molar-refractivity contribution is 5.66. The van der Waals surface area contributed by atoms with E-state index in [1.807, 2.05) is 97.1 Å². The summed E-state index contributed by atoms with van der Waals surface area (Å²) in [6, 6.07) is 35.4. The Morgan fingerprint density at radius 2 is 0.815 bits per heavy atom. The van der Waals surface area contributed by atoms with Gasteiger partial charge in [0.2, 0.25) is 5.88 Å². The molecule has 282 valence electrons. The van der Waals surface area contributed by atoms with E-state index < -0.39 is 0 Å². The van der Waals surface area contributed by atoms with Crippen LogP contribution >= 0.6 is 0 Å². The van der Waals surface area contributed by atoms with Crippen LogP contribution in [0.15, 0.2) is 115 Å². The Labute approximate surface area is 315 Å². The molecule has 0 amide bonds. The molecule has 11 nitrogen and oxygen atoms in total. The average Bonchev–Trinajstić information content (AvgIpc) is 4.16. The van der Waals surface area contributed by atoms with Gasteiger partial charge >= 0.3 is 0 Å². The Morgan fingerprint density at radius 3 is 1.26 bits per heavy atom. The fourth-order valence-corrected chi connectivity index (χ4v) is 5.32. The van der Waals surface area contributed by atoms with E-state index in [0.29, 0.717) is 89.2 Å². The molecule has 0 aliphatic carbocycles. The van der Waals surface area contributed by atoms with E-state index in [0.717, 1.165) is 47.0 Å². The van der Waals surface area contributed by atoms with Gasteiger partial charge in [-0.1, -0.05) is 48.5 Å². The molecule has 2 aliphatic rings. The van der Waals surface area contributed by atoms with Gasteiger partial charge in [0, 0.05) is 12.3 Å². The average molecular weight is 736 g/mol. The van der Waals surface area contributed by atoms with Crippen LogP contribution in [0.5, 0.6) is 34.6 Å². The van der Waals surface area contributed by atoms with E-state index in [9.17, 15) is 0 Å². The summed E-state index contributed by atoms with van der Waals surface area (Å²) in [6.45, 7) is 7.06. The molecule has 3 heterocycles. The highest BCUT2D eigenvalue weighted by Crippen LogP contribution is 2.31. The predicted molar refractivity (Wildman–Crippen MR) is 202 cm³/mol. The van der Waals surface area contributed by atoms with Crippen molar-refractivity contribution in [3.63, 3.8) is 0 Å². The highest BCUT2D eigenvalue weighted by atomic mass is 16.6. The normalized spacial score (nSPS) is 15.8. The lowest BCUT2D eigenvalue weighted by Crippen LogP contribution is -2.12. The fourth-order valence-electron chi connectivity index (χ4n) is 5.32. The summed E-state index contributed by atoms with van der Waals surface area (Å²) < 4.78 is 56.0. The summed E-state index contributed by atoms with van der Waals surface area (Å²) in [7, 11) is 0. The second-order valence-corrected chi connectivity index (χ2v) is 12.6. The molecule has 2 aliphatic heterocycles. The molecule has 2 atom stereocenters. The summed E-state index contributed by atoms with van der Waals surface area (Å²) in [6.07, 6.45) is 2.22. The van der Waals surface area contributed by atoms with E-state index >= 15 is 0 Å². The first-order chi connectivity index (χ1) is 26.7. The van der Waals surface area contributed by atoms with Crippen LogP contribution in [0.1, 0.15) is 0 Å². The van der Waals surface area contributed by atoms with Gasteiger partial charge in [-0.15, -0.1) is 0 Å². The zero-order chi connectivity index (χ0) is 36.6. The lowest BCUT2D eigenvalue weighted by molar-refractivity contribution is 0.0317. The van der Waals surface area contributed by atoms with E-state index in [4.69, 9.17) is 47.4 Å². The first-order valence-electron chi connectivity index (χ1n) is 18.3. The largest absolute Gasteiger partial charge is 0.491 e. The Balaban J connectivity index is 0.810. The van der Waals surface area contributed by atoms with Crippen LogP contribution in [0.3, 0.4) is 0 Å². The molecule has 0 N–H and O–H groups in total. The molecule has 54 heavy (non-hydrogen) atoms. The Morgan fingerprint density at radius 1 is 0.426 bits per heavy atom. The summed E-state index contributed by atoms with van der Waals surface area (Å²) in [4.78, 5) is 4.37. The zero-order valence-electron chi connectivity index (χ0n) is 30.1. The number of benzene rings is 4. The molecule has 11 heteroatoms. The van der Waals surface area contributed by atoms with Gasteiger partial charge < -0.3 is 47.4 Å². The number of ether oxygens (including phenoxy) is 10. The van der Waals surface area contributed by atoms with Crippen LogP contribution in [0.4, 0.5) is 0 Å². The molecule has 2 saturated heterocycles. The number of epoxide rings is 2. The maximum Gasteiger partial charge on any atom is 0.222 e. The maximum atomic E-state index is 6.12. The molecule has 0 radical (unpaired) electrons. The third-order valence-corrected chi connectivity index (χ3v) is 8.40. The Hall–Kier alpha value is -5.01. The summed E-state index contributed by atoms with van der Waals surface area (Å²) in [5.41, 5.74) is 4.28. The van der Waals surface area contributed by atoms with E-state index in [1.54, 1.807) is 18.3 Å². The number of rotatable bonds is 24. The molecular weight excluding hydrogens is 690 g/mol. The standard InChI is InChI=1S/C43H45NO10/c1-9-36(49-25-23-45-19-21-47-28-41-30-51-41)10-2-32(1)34-5-13-38(14-6-34)53-40-17-18-44-43(27-40)54-39-15-7-35(8-16-39)33-3-11-37(12-4-33)50-26-24-46-20-22-48-29-42-31-52-42/h1-18,27,41-42H,19-26,28-31H2. The first kappa shape index (κ1) is 37.3. The van der Waals surface area contributed by atoms with Crippen molar-refractivity contribution >= 4 is 0 Å². The summed E-state index contributed by atoms with van der Waals surface area (Å²) >= 11 is 0. The molecule has 7 rings (SSSR count). The maximum absolute atomic E-state index is 6.12. The van der Waals surface area contributed by atoms with Crippen molar-refractivity contribution in [2.45, 2.75) is 12.2 Å². The van der Waals surface area contributed by atoms with Crippen molar-refractivity contribution in [3.8, 4) is 56.9 Å². The van der Waals surface area contributed by atoms with Crippen LogP contribution < -0.4 is 18.9 Å². The minimum Gasteiger partial charge on any atom is -0.491 e. The van der Waals surface area contributed by atoms with Crippen LogP contribution in [0.2, 0.25) is 0 Å². The second-order valence-electron chi connectivity index (χ2n) is 12.6. The second kappa shape index (κ2) is 19.9. The molecule has 5 aromatic rings. The zero-order valence-corrected chi connectivity index (χ0v) is 30.1. The highest BCUT2D eigenvalue weighted by Gasteiger charge is 2.22. The van der Waals surface area contributed by atoms with Gasteiger partial charge in [-0.05, 0) is 76.9 Å². The monoisotopic (exact) mass is 735 g/mol. The minimum absolute atomic E-state index is 0.279. The van der Waals surface area contributed by atoms with Crippen molar-refractivity contribution in [3.05, 3.63) is 115 Å². The van der Waals surface area contributed by atoms with Crippen LogP contribution in [-0.4, -0.2) is 96.5 Å². The fraction of sp³-hybridized carbons (Fsp3) is 0.326. The molecule has 0 saturated carbocycles. The van der Waals surface area contributed by atoms with Gasteiger partial charge in [-0.3, -0.25) is 0 Å². The Bertz CT molecular complexity index is 1690. The first-order valence-corrected chi connectivity index (χ1v) is 18.3. The van der Waals surface area contributed by atoms with E-state index in [2.05, 4.69) is 4.98 Å². The van der Waals surface area contributed by atoms with Gasteiger partial charge in [-0.25, -0.2) is 4.98 Å². The van der Waals surface area contributed by atoms with Gasteiger partial charge in [0.05, 0.1) is 66.1 Å². The number of aromatic nitrogens is 1. The number of pyridine rings is 1. The molecule has 0 spiro atoms. The van der Waals surface area contributed by atoms with Gasteiger partial charge in [0.1, 0.15) is 54.2 Å². The smallest absolute Gasteiger partial charge is 0.222 e. The van der Waals surface area contributed by atoms with Crippen LogP contribution in [0.25, 0.3) is 22.3 Å². The predicted octanol–water partition coefficient (Wildman–Crippen LogP) is 7.62. The lowest BCUT2D eigenvalue weighted by Gasteiger charge is -2.11. The molecular formula is C43H45NO10. The van der Waals surface area contributed by atoms with E-state index in [1.165, 1.54) is 0 Å². The van der Waals surface area contributed by atoms with Gasteiger partial charge in [0.25, 0.3) is 0 Å². The summed E-state index contributed by atoms with van der Waals surface area (Å²) in [5, 5.41) is 0. The topological polar surface area (TPSA) is 112 Å². The SMILES string of the molecule is c1cc(Oc2ccc(-c3ccc(OCCOCCOCC4CO4)cc3)cc2)cc(Oc2ccc(-c3ccc(OCCOCCOCC4CO4)cc3)cc2)n1. The number of nitrogens with zero attached hydrogens (tertiary/aromatic N) is 1. The van der Waals surface area contributed by atoms with Gasteiger partial charge in [-0.2, -0.15) is 0 Å². The third kappa shape index (κ3) is 12.6.